The fourth-order valence-corrected chi connectivity index (χ4v) is 2.38. The molecule has 88 valence electrons. The predicted octanol–water partition coefficient (Wildman–Crippen LogP) is 0.258. The zero-order valence-electron chi connectivity index (χ0n) is 8.72. The lowest BCUT2D eigenvalue weighted by molar-refractivity contribution is 0.0303. The molecule has 0 radical (unpaired) electrons. The normalized spacial score (nSPS) is 21.1. The molecule has 2 N–H and O–H groups in total. The second-order valence-electron chi connectivity index (χ2n) is 3.63. The van der Waals surface area contributed by atoms with Gasteiger partial charge in [0.15, 0.2) is 0 Å². The largest absolute Gasteiger partial charge is 0.314 e. The molecule has 1 saturated heterocycles. The highest BCUT2D eigenvalue weighted by atomic mass is 32.2. The van der Waals surface area contributed by atoms with Crippen molar-refractivity contribution in [3.8, 4) is 0 Å². The van der Waals surface area contributed by atoms with E-state index >= 15 is 0 Å². The van der Waals surface area contributed by atoms with Crippen LogP contribution in [-0.2, 0) is 14.9 Å². The first-order valence-electron chi connectivity index (χ1n) is 5.12. The molecular weight excluding hydrogens is 228 g/mol. The molecule has 1 aromatic carbocycles. The Morgan fingerprint density at radius 3 is 2.69 bits per heavy atom. The van der Waals surface area contributed by atoms with Crippen LogP contribution in [0.1, 0.15) is 6.42 Å². The van der Waals surface area contributed by atoms with Crippen molar-refractivity contribution in [2.75, 3.05) is 13.1 Å². The Labute approximate surface area is 94.8 Å². The van der Waals surface area contributed by atoms with E-state index < -0.39 is 10.0 Å². The van der Waals surface area contributed by atoms with Gasteiger partial charge in [-0.25, -0.2) is 8.42 Å². The highest BCUT2D eigenvalue weighted by Crippen LogP contribution is 2.08. The highest BCUT2D eigenvalue weighted by Gasteiger charge is 2.19. The number of nitrogens with one attached hydrogen (secondary N) is 2. The van der Waals surface area contributed by atoms with Gasteiger partial charge in [-0.15, -0.1) is 0 Å². The van der Waals surface area contributed by atoms with Gasteiger partial charge in [0, 0.05) is 6.54 Å². The Hall–Kier alpha value is -0.950. The minimum atomic E-state index is -3.55. The fraction of sp³-hybridized carbons (Fsp3) is 0.400. The Bertz CT molecular complexity index is 427. The SMILES string of the molecule is O=S(=O)(NOC1CCNC1)c1ccccc1. The van der Waals surface area contributed by atoms with E-state index in [9.17, 15) is 8.42 Å². The third-order valence-corrected chi connectivity index (χ3v) is 3.60. The van der Waals surface area contributed by atoms with Crippen LogP contribution in [-0.4, -0.2) is 27.6 Å². The molecule has 5 nitrogen and oxygen atoms in total. The van der Waals surface area contributed by atoms with Gasteiger partial charge in [-0.1, -0.05) is 23.1 Å². The zero-order valence-corrected chi connectivity index (χ0v) is 9.53. The Kier molecular flexibility index (Phi) is 3.55. The van der Waals surface area contributed by atoms with Crippen LogP contribution in [0.4, 0.5) is 0 Å². The topological polar surface area (TPSA) is 67.4 Å². The van der Waals surface area contributed by atoms with Crippen molar-refractivity contribution in [2.24, 2.45) is 0 Å². The molecule has 1 atom stereocenters. The van der Waals surface area contributed by atoms with Gasteiger partial charge in [0.2, 0.25) is 0 Å². The number of sulfonamides is 1. The molecule has 1 aliphatic rings. The van der Waals surface area contributed by atoms with E-state index in [2.05, 4.69) is 10.2 Å². The first-order chi connectivity index (χ1) is 7.68. The summed E-state index contributed by atoms with van der Waals surface area (Å²) in [6.45, 7) is 1.54. The van der Waals surface area contributed by atoms with Crippen LogP contribution in [0.15, 0.2) is 35.2 Å². The van der Waals surface area contributed by atoms with Crippen LogP contribution in [0.25, 0.3) is 0 Å². The summed E-state index contributed by atoms with van der Waals surface area (Å²) in [6.07, 6.45) is 0.732. The molecule has 1 aromatic rings. The quantitative estimate of drug-likeness (QED) is 0.743. The summed E-state index contributed by atoms with van der Waals surface area (Å²) < 4.78 is 23.5. The second-order valence-corrected chi connectivity index (χ2v) is 5.28. The summed E-state index contributed by atoms with van der Waals surface area (Å²) >= 11 is 0. The third-order valence-electron chi connectivity index (χ3n) is 2.39. The van der Waals surface area contributed by atoms with Gasteiger partial charge in [0.1, 0.15) is 0 Å². The van der Waals surface area contributed by atoms with E-state index in [1.807, 2.05) is 0 Å². The maximum absolute atomic E-state index is 11.7. The number of hydrogen-bond acceptors (Lipinski definition) is 4. The molecule has 0 saturated carbocycles. The molecule has 1 unspecified atom stereocenters. The van der Waals surface area contributed by atoms with Crippen molar-refractivity contribution < 1.29 is 13.3 Å². The summed E-state index contributed by atoms with van der Waals surface area (Å²) in [6, 6.07) is 8.16. The fourth-order valence-electron chi connectivity index (χ4n) is 1.51. The molecule has 6 heteroatoms. The van der Waals surface area contributed by atoms with Crippen molar-refractivity contribution in [1.29, 1.82) is 0 Å². The molecule has 0 aliphatic carbocycles. The summed E-state index contributed by atoms with van der Waals surface area (Å²) in [5.74, 6) is 0. The van der Waals surface area contributed by atoms with Crippen LogP contribution in [0, 0.1) is 0 Å². The minimum absolute atomic E-state index is 0.0847. The molecule has 1 heterocycles. The number of hydrogen-bond donors (Lipinski definition) is 2. The van der Waals surface area contributed by atoms with Gasteiger partial charge in [0.25, 0.3) is 10.0 Å². The van der Waals surface area contributed by atoms with Crippen LogP contribution in [0.3, 0.4) is 0 Å². The molecule has 16 heavy (non-hydrogen) atoms. The lowest BCUT2D eigenvalue weighted by atomic mass is 10.3. The first-order valence-corrected chi connectivity index (χ1v) is 6.60. The van der Waals surface area contributed by atoms with E-state index in [-0.39, 0.29) is 11.0 Å². The van der Waals surface area contributed by atoms with Crippen molar-refractivity contribution in [3.63, 3.8) is 0 Å². The van der Waals surface area contributed by atoms with Gasteiger partial charge in [-0.05, 0) is 25.1 Å². The Balaban J connectivity index is 1.98. The van der Waals surface area contributed by atoms with Gasteiger partial charge in [-0.3, -0.25) is 4.84 Å². The van der Waals surface area contributed by atoms with E-state index in [1.165, 1.54) is 12.1 Å². The van der Waals surface area contributed by atoms with Gasteiger partial charge in [0.05, 0.1) is 11.0 Å². The molecule has 0 amide bonds. The summed E-state index contributed by atoms with van der Waals surface area (Å²) in [5, 5.41) is 3.09. The van der Waals surface area contributed by atoms with Crippen molar-refractivity contribution in [1.82, 2.24) is 10.2 Å². The van der Waals surface area contributed by atoms with Crippen LogP contribution < -0.4 is 10.2 Å². The predicted molar refractivity (Wildman–Crippen MR) is 59.1 cm³/mol. The van der Waals surface area contributed by atoms with Crippen LogP contribution in [0.2, 0.25) is 0 Å². The molecular formula is C10H14N2O3S. The second kappa shape index (κ2) is 4.92. The standard InChI is InChI=1S/C10H14N2O3S/c13-16(14,10-4-2-1-3-5-10)12-15-9-6-7-11-8-9/h1-5,9,11-12H,6-8H2. The average Bonchev–Trinajstić information content (AvgIpc) is 2.81. The Morgan fingerprint density at radius 1 is 1.31 bits per heavy atom. The minimum Gasteiger partial charge on any atom is -0.314 e. The monoisotopic (exact) mass is 242 g/mol. The van der Waals surface area contributed by atoms with E-state index in [0.717, 1.165) is 13.0 Å². The van der Waals surface area contributed by atoms with Crippen molar-refractivity contribution in [3.05, 3.63) is 30.3 Å². The summed E-state index contributed by atoms with van der Waals surface area (Å²) in [7, 11) is -3.55. The highest BCUT2D eigenvalue weighted by molar-refractivity contribution is 7.89. The van der Waals surface area contributed by atoms with E-state index in [4.69, 9.17) is 4.84 Å². The zero-order chi connectivity index (χ0) is 11.4. The Morgan fingerprint density at radius 2 is 2.06 bits per heavy atom. The molecule has 1 fully saturated rings. The van der Waals surface area contributed by atoms with E-state index in [0.29, 0.717) is 6.54 Å². The number of benzene rings is 1. The smallest absolute Gasteiger partial charge is 0.262 e. The van der Waals surface area contributed by atoms with Crippen molar-refractivity contribution >= 4 is 10.0 Å². The summed E-state index contributed by atoms with van der Waals surface area (Å²) in [5.41, 5.74) is 0. The lowest BCUT2D eigenvalue weighted by Gasteiger charge is -2.11. The summed E-state index contributed by atoms with van der Waals surface area (Å²) in [4.78, 5) is 7.48. The first kappa shape index (κ1) is 11.5. The molecule has 0 aromatic heterocycles. The van der Waals surface area contributed by atoms with Crippen molar-refractivity contribution in [2.45, 2.75) is 17.4 Å². The van der Waals surface area contributed by atoms with E-state index in [1.54, 1.807) is 18.2 Å². The van der Waals surface area contributed by atoms with Gasteiger partial charge in [-0.2, -0.15) is 0 Å². The molecule has 0 spiro atoms. The van der Waals surface area contributed by atoms with Gasteiger partial charge >= 0.3 is 0 Å². The molecule has 2 rings (SSSR count). The maximum Gasteiger partial charge on any atom is 0.262 e. The maximum atomic E-state index is 11.7. The lowest BCUT2D eigenvalue weighted by Crippen LogP contribution is -2.30. The number of rotatable bonds is 4. The third kappa shape index (κ3) is 2.79. The van der Waals surface area contributed by atoms with Gasteiger partial charge < -0.3 is 5.32 Å². The molecule has 1 aliphatic heterocycles. The molecule has 0 bridgehead atoms. The van der Waals surface area contributed by atoms with Crippen LogP contribution >= 0.6 is 0 Å². The average molecular weight is 242 g/mol. The van der Waals surface area contributed by atoms with Crippen LogP contribution in [0.5, 0.6) is 0 Å².